The first-order chi connectivity index (χ1) is 6.24. The Morgan fingerprint density at radius 1 is 1.46 bits per heavy atom. The average Bonchev–Trinajstić information content (AvgIpc) is 2.15. The minimum atomic E-state index is -0.0845. The summed E-state index contributed by atoms with van der Waals surface area (Å²) in [4.78, 5) is 10.8. The summed E-state index contributed by atoms with van der Waals surface area (Å²) in [6.07, 6.45) is 1.72. The van der Waals surface area contributed by atoms with Gasteiger partial charge < -0.3 is 5.32 Å². The molecule has 0 aliphatic rings. The van der Waals surface area contributed by atoms with Gasteiger partial charge in [0.25, 0.3) is 0 Å². The first-order valence-electron chi connectivity index (χ1n) is 4.18. The molecule has 1 atom stereocenters. The van der Waals surface area contributed by atoms with Crippen molar-refractivity contribution < 1.29 is 4.79 Å². The van der Waals surface area contributed by atoms with Crippen LogP contribution >= 0.6 is 0 Å². The molecule has 0 heterocycles. The Kier molecular flexibility index (Phi) is 3.26. The van der Waals surface area contributed by atoms with Gasteiger partial charge in [-0.15, -0.1) is 6.58 Å². The van der Waals surface area contributed by atoms with E-state index in [0.29, 0.717) is 0 Å². The average molecular weight is 175 g/mol. The van der Waals surface area contributed by atoms with Gasteiger partial charge in [0.1, 0.15) is 0 Å². The summed E-state index contributed by atoms with van der Waals surface area (Å²) in [7, 11) is 0. The predicted molar refractivity (Wildman–Crippen MR) is 53.2 cm³/mol. The molecule has 2 nitrogen and oxygen atoms in total. The zero-order valence-electron chi connectivity index (χ0n) is 7.66. The second kappa shape index (κ2) is 4.45. The summed E-state index contributed by atoms with van der Waals surface area (Å²) < 4.78 is 0. The highest BCUT2D eigenvalue weighted by molar-refractivity contribution is 5.73. The molecule has 0 unspecified atom stereocenters. The van der Waals surface area contributed by atoms with Crippen LogP contribution in [0.4, 0.5) is 0 Å². The van der Waals surface area contributed by atoms with Crippen molar-refractivity contribution in [2.45, 2.75) is 13.0 Å². The van der Waals surface area contributed by atoms with Gasteiger partial charge in [-0.25, -0.2) is 0 Å². The van der Waals surface area contributed by atoms with Gasteiger partial charge in [0.2, 0.25) is 5.91 Å². The molecule has 0 saturated carbocycles. The molecular weight excluding hydrogens is 162 g/mol. The topological polar surface area (TPSA) is 29.1 Å². The molecule has 0 aliphatic carbocycles. The summed E-state index contributed by atoms with van der Waals surface area (Å²) in [6, 6.07) is 9.65. The first-order valence-corrected chi connectivity index (χ1v) is 4.18. The molecule has 1 aromatic carbocycles. The molecule has 0 fully saturated rings. The summed E-state index contributed by atoms with van der Waals surface area (Å²) in [5.41, 5.74) is 1.05. The summed E-state index contributed by atoms with van der Waals surface area (Å²) >= 11 is 0. The summed E-state index contributed by atoms with van der Waals surface area (Å²) in [5, 5.41) is 2.79. The largest absolute Gasteiger partial charge is 0.346 e. The van der Waals surface area contributed by atoms with Crippen LogP contribution in [0.5, 0.6) is 0 Å². The van der Waals surface area contributed by atoms with E-state index in [9.17, 15) is 4.79 Å². The van der Waals surface area contributed by atoms with Crippen molar-refractivity contribution in [1.29, 1.82) is 0 Å². The molecule has 0 aliphatic heterocycles. The predicted octanol–water partition coefficient (Wildman–Crippen LogP) is 2.05. The van der Waals surface area contributed by atoms with Crippen molar-refractivity contribution in [3.63, 3.8) is 0 Å². The Morgan fingerprint density at radius 3 is 2.54 bits per heavy atom. The number of rotatable bonds is 3. The highest BCUT2D eigenvalue weighted by Crippen LogP contribution is 2.12. The van der Waals surface area contributed by atoms with Crippen molar-refractivity contribution in [3.8, 4) is 0 Å². The Morgan fingerprint density at radius 2 is 2.08 bits per heavy atom. The maximum absolute atomic E-state index is 10.8. The van der Waals surface area contributed by atoms with Crippen LogP contribution < -0.4 is 5.32 Å². The quantitative estimate of drug-likeness (QED) is 0.700. The van der Waals surface area contributed by atoms with Gasteiger partial charge in [-0.2, -0.15) is 0 Å². The number of nitrogens with one attached hydrogen (secondary N) is 1. The van der Waals surface area contributed by atoms with Crippen LogP contribution in [-0.2, 0) is 4.79 Å². The van der Waals surface area contributed by atoms with Gasteiger partial charge in [0, 0.05) is 6.92 Å². The van der Waals surface area contributed by atoms with Crippen molar-refractivity contribution in [3.05, 3.63) is 48.6 Å². The number of carbonyl (C=O) groups is 1. The van der Waals surface area contributed by atoms with E-state index in [1.165, 1.54) is 6.92 Å². The van der Waals surface area contributed by atoms with E-state index in [1.54, 1.807) is 6.08 Å². The molecule has 1 rings (SSSR count). The minimum absolute atomic E-state index is 0.0475. The maximum Gasteiger partial charge on any atom is 0.217 e. The highest BCUT2D eigenvalue weighted by atomic mass is 16.1. The highest BCUT2D eigenvalue weighted by Gasteiger charge is 2.06. The lowest BCUT2D eigenvalue weighted by Crippen LogP contribution is -2.24. The fraction of sp³-hybridized carbons (Fsp3) is 0.182. The molecule has 0 bridgehead atoms. The normalized spacial score (nSPS) is 11.8. The van der Waals surface area contributed by atoms with Gasteiger partial charge in [-0.05, 0) is 5.56 Å². The van der Waals surface area contributed by atoms with E-state index in [2.05, 4.69) is 11.9 Å². The van der Waals surface area contributed by atoms with Gasteiger partial charge in [-0.1, -0.05) is 36.4 Å². The van der Waals surface area contributed by atoms with Crippen molar-refractivity contribution in [2.75, 3.05) is 0 Å². The molecule has 1 amide bonds. The number of amides is 1. The number of benzene rings is 1. The van der Waals surface area contributed by atoms with E-state index < -0.39 is 0 Å². The first kappa shape index (κ1) is 9.52. The van der Waals surface area contributed by atoms with Crippen molar-refractivity contribution >= 4 is 5.91 Å². The van der Waals surface area contributed by atoms with Crippen LogP contribution in [0.3, 0.4) is 0 Å². The zero-order chi connectivity index (χ0) is 9.68. The Hall–Kier alpha value is -1.57. The number of hydrogen-bond donors (Lipinski definition) is 1. The SMILES string of the molecule is C=C[C@H](NC(C)=O)c1ccccc1. The molecule has 1 N–H and O–H groups in total. The third-order valence-corrected chi connectivity index (χ3v) is 1.75. The van der Waals surface area contributed by atoms with Crippen LogP contribution in [0.1, 0.15) is 18.5 Å². The van der Waals surface area contributed by atoms with Crippen molar-refractivity contribution in [1.82, 2.24) is 5.32 Å². The lowest BCUT2D eigenvalue weighted by molar-refractivity contribution is -0.119. The van der Waals surface area contributed by atoms with Crippen LogP contribution in [0, 0.1) is 0 Å². The fourth-order valence-electron chi connectivity index (χ4n) is 1.16. The van der Waals surface area contributed by atoms with Gasteiger partial charge in [-0.3, -0.25) is 4.79 Å². The Balaban J connectivity index is 2.78. The second-order valence-corrected chi connectivity index (χ2v) is 2.82. The van der Waals surface area contributed by atoms with Gasteiger partial charge in [0.05, 0.1) is 6.04 Å². The fourth-order valence-corrected chi connectivity index (χ4v) is 1.16. The molecule has 0 radical (unpaired) electrons. The van der Waals surface area contributed by atoms with Crippen molar-refractivity contribution in [2.24, 2.45) is 0 Å². The lowest BCUT2D eigenvalue weighted by atomic mass is 10.1. The van der Waals surface area contributed by atoms with E-state index in [4.69, 9.17) is 0 Å². The maximum atomic E-state index is 10.8. The minimum Gasteiger partial charge on any atom is -0.346 e. The third-order valence-electron chi connectivity index (χ3n) is 1.75. The van der Waals surface area contributed by atoms with E-state index in [1.807, 2.05) is 30.3 Å². The molecule has 2 heteroatoms. The summed E-state index contributed by atoms with van der Waals surface area (Å²) in [5.74, 6) is -0.0475. The second-order valence-electron chi connectivity index (χ2n) is 2.82. The Bertz CT molecular complexity index is 292. The summed E-state index contributed by atoms with van der Waals surface area (Å²) in [6.45, 7) is 5.18. The van der Waals surface area contributed by atoms with E-state index in [-0.39, 0.29) is 11.9 Å². The van der Waals surface area contributed by atoms with E-state index >= 15 is 0 Å². The van der Waals surface area contributed by atoms with Gasteiger partial charge >= 0.3 is 0 Å². The van der Waals surface area contributed by atoms with Crippen LogP contribution in [-0.4, -0.2) is 5.91 Å². The number of carbonyl (C=O) groups excluding carboxylic acids is 1. The Labute approximate surface area is 78.3 Å². The zero-order valence-corrected chi connectivity index (χ0v) is 7.66. The molecule has 13 heavy (non-hydrogen) atoms. The van der Waals surface area contributed by atoms with Crippen LogP contribution in [0.2, 0.25) is 0 Å². The molecule has 0 aromatic heterocycles. The monoisotopic (exact) mass is 175 g/mol. The van der Waals surface area contributed by atoms with Crippen LogP contribution in [0.15, 0.2) is 43.0 Å². The molecular formula is C11H13NO. The lowest BCUT2D eigenvalue weighted by Gasteiger charge is -2.13. The molecule has 0 saturated heterocycles. The van der Waals surface area contributed by atoms with E-state index in [0.717, 1.165) is 5.56 Å². The van der Waals surface area contributed by atoms with Crippen LogP contribution in [0.25, 0.3) is 0 Å². The smallest absolute Gasteiger partial charge is 0.217 e. The molecule has 1 aromatic rings. The third kappa shape index (κ3) is 2.75. The standard InChI is InChI=1S/C11H13NO/c1-3-11(12-9(2)13)10-7-5-4-6-8-10/h3-8,11H,1H2,2H3,(H,12,13)/t11-/m0/s1. The number of hydrogen-bond acceptors (Lipinski definition) is 1. The van der Waals surface area contributed by atoms with Gasteiger partial charge in [0.15, 0.2) is 0 Å². The molecule has 68 valence electrons. The molecule has 0 spiro atoms.